The standard InChI is InChI=1S/C11H10N2/c1-2-9-3-5-10(6-4-9)11-7-8-12-13-11/h2-8H,1H2,(H,12,13). The molecule has 64 valence electrons. The average molecular weight is 170 g/mol. The highest BCUT2D eigenvalue weighted by molar-refractivity contribution is 5.61. The van der Waals surface area contributed by atoms with Gasteiger partial charge in [-0.15, -0.1) is 0 Å². The highest BCUT2D eigenvalue weighted by Crippen LogP contribution is 2.16. The molecular weight excluding hydrogens is 160 g/mol. The van der Waals surface area contributed by atoms with Gasteiger partial charge in [-0.3, -0.25) is 5.10 Å². The van der Waals surface area contributed by atoms with Gasteiger partial charge in [0.25, 0.3) is 0 Å². The number of rotatable bonds is 2. The van der Waals surface area contributed by atoms with E-state index < -0.39 is 0 Å². The molecule has 1 heterocycles. The smallest absolute Gasteiger partial charge is 0.0920 e. The summed E-state index contributed by atoms with van der Waals surface area (Å²) in [6, 6.07) is 10.1. The number of aromatic nitrogens is 2. The first-order valence-corrected chi connectivity index (χ1v) is 4.13. The van der Waals surface area contributed by atoms with E-state index in [2.05, 4.69) is 16.8 Å². The normalized spacial score (nSPS) is 9.85. The molecule has 0 atom stereocenters. The van der Waals surface area contributed by atoms with Gasteiger partial charge in [0.05, 0.1) is 5.69 Å². The van der Waals surface area contributed by atoms with Crippen molar-refractivity contribution in [1.29, 1.82) is 0 Å². The lowest BCUT2D eigenvalue weighted by molar-refractivity contribution is 1.10. The van der Waals surface area contributed by atoms with Crippen molar-refractivity contribution in [2.45, 2.75) is 0 Å². The molecule has 13 heavy (non-hydrogen) atoms. The van der Waals surface area contributed by atoms with E-state index in [0.29, 0.717) is 0 Å². The van der Waals surface area contributed by atoms with Crippen molar-refractivity contribution in [3.63, 3.8) is 0 Å². The number of aromatic amines is 1. The zero-order chi connectivity index (χ0) is 9.10. The molecular formula is C11H10N2. The molecule has 0 aliphatic heterocycles. The molecule has 2 heteroatoms. The van der Waals surface area contributed by atoms with Crippen LogP contribution in [-0.2, 0) is 0 Å². The molecule has 0 spiro atoms. The molecule has 0 saturated heterocycles. The Morgan fingerprint density at radius 2 is 1.92 bits per heavy atom. The van der Waals surface area contributed by atoms with Crippen molar-refractivity contribution in [1.82, 2.24) is 10.2 Å². The predicted molar refractivity (Wildman–Crippen MR) is 54.1 cm³/mol. The van der Waals surface area contributed by atoms with Gasteiger partial charge in [-0.2, -0.15) is 5.10 Å². The number of nitrogens with zero attached hydrogens (tertiary/aromatic N) is 1. The molecule has 2 aromatic rings. The number of hydrogen-bond donors (Lipinski definition) is 1. The second-order valence-corrected chi connectivity index (χ2v) is 2.79. The quantitative estimate of drug-likeness (QED) is 0.737. The Bertz CT molecular complexity index is 385. The van der Waals surface area contributed by atoms with E-state index in [9.17, 15) is 0 Å². The molecule has 0 amide bonds. The molecule has 2 nitrogen and oxygen atoms in total. The van der Waals surface area contributed by atoms with E-state index in [1.807, 2.05) is 42.6 Å². The van der Waals surface area contributed by atoms with Gasteiger partial charge in [0, 0.05) is 11.8 Å². The molecule has 1 aromatic heterocycles. The fraction of sp³-hybridized carbons (Fsp3) is 0. The van der Waals surface area contributed by atoms with Crippen LogP contribution in [0.3, 0.4) is 0 Å². The predicted octanol–water partition coefficient (Wildman–Crippen LogP) is 2.72. The van der Waals surface area contributed by atoms with Crippen LogP contribution < -0.4 is 0 Å². The molecule has 1 aromatic carbocycles. The van der Waals surface area contributed by atoms with Crippen molar-refractivity contribution < 1.29 is 0 Å². The summed E-state index contributed by atoms with van der Waals surface area (Å²) in [5, 5.41) is 6.88. The van der Waals surface area contributed by atoms with Gasteiger partial charge in [-0.05, 0) is 11.6 Å². The van der Waals surface area contributed by atoms with Gasteiger partial charge in [0.1, 0.15) is 0 Å². The molecule has 0 saturated carbocycles. The minimum absolute atomic E-state index is 0.968. The molecule has 0 aliphatic carbocycles. The van der Waals surface area contributed by atoms with Crippen molar-refractivity contribution in [2.75, 3.05) is 0 Å². The summed E-state index contributed by atoms with van der Waals surface area (Å²) in [5.74, 6) is 0. The molecule has 0 fully saturated rings. The maximum Gasteiger partial charge on any atom is 0.0920 e. The molecule has 0 radical (unpaired) electrons. The first-order chi connectivity index (χ1) is 6.40. The summed E-state index contributed by atoms with van der Waals surface area (Å²) in [6.45, 7) is 3.70. The van der Waals surface area contributed by atoms with E-state index in [-0.39, 0.29) is 0 Å². The second kappa shape index (κ2) is 3.27. The summed E-state index contributed by atoms with van der Waals surface area (Å²) in [4.78, 5) is 0. The maximum absolute atomic E-state index is 4.09. The minimum atomic E-state index is 0.968. The Morgan fingerprint density at radius 1 is 1.15 bits per heavy atom. The van der Waals surface area contributed by atoms with Gasteiger partial charge < -0.3 is 0 Å². The topological polar surface area (TPSA) is 28.7 Å². The van der Waals surface area contributed by atoms with Gasteiger partial charge >= 0.3 is 0 Å². The van der Waals surface area contributed by atoms with E-state index in [4.69, 9.17) is 0 Å². The Labute approximate surface area is 76.9 Å². The molecule has 0 aliphatic rings. The van der Waals surface area contributed by atoms with Crippen molar-refractivity contribution in [3.8, 4) is 11.3 Å². The summed E-state index contributed by atoms with van der Waals surface area (Å²) in [6.07, 6.45) is 3.64. The third-order valence-electron chi connectivity index (χ3n) is 1.94. The highest BCUT2D eigenvalue weighted by Gasteiger charge is 1.97. The third-order valence-corrected chi connectivity index (χ3v) is 1.94. The van der Waals surface area contributed by atoms with Gasteiger partial charge in [-0.1, -0.05) is 36.9 Å². The summed E-state index contributed by atoms with van der Waals surface area (Å²) in [7, 11) is 0. The number of nitrogens with one attached hydrogen (secondary N) is 1. The fourth-order valence-corrected chi connectivity index (χ4v) is 1.21. The van der Waals surface area contributed by atoms with Crippen molar-refractivity contribution >= 4 is 6.08 Å². The van der Waals surface area contributed by atoms with E-state index in [0.717, 1.165) is 16.8 Å². The van der Waals surface area contributed by atoms with Gasteiger partial charge in [0.2, 0.25) is 0 Å². The fourth-order valence-electron chi connectivity index (χ4n) is 1.21. The molecule has 2 rings (SSSR count). The zero-order valence-electron chi connectivity index (χ0n) is 7.20. The van der Waals surface area contributed by atoms with Crippen LogP contribution in [0.4, 0.5) is 0 Å². The molecule has 0 unspecified atom stereocenters. The Morgan fingerprint density at radius 3 is 2.46 bits per heavy atom. The lowest BCUT2D eigenvalue weighted by Gasteiger charge is -1.96. The lowest BCUT2D eigenvalue weighted by atomic mass is 10.1. The number of benzene rings is 1. The van der Waals surface area contributed by atoms with Crippen molar-refractivity contribution in [2.24, 2.45) is 0 Å². The van der Waals surface area contributed by atoms with Crippen LogP contribution in [0.25, 0.3) is 17.3 Å². The summed E-state index contributed by atoms with van der Waals surface area (Å²) < 4.78 is 0. The van der Waals surface area contributed by atoms with E-state index in [1.54, 1.807) is 0 Å². The van der Waals surface area contributed by atoms with Crippen LogP contribution in [0.5, 0.6) is 0 Å². The SMILES string of the molecule is C=Cc1ccc(-c2cc[nH]n2)cc1. The molecule has 1 N–H and O–H groups in total. The van der Waals surface area contributed by atoms with E-state index >= 15 is 0 Å². The largest absolute Gasteiger partial charge is 0.285 e. The Balaban J connectivity index is 2.38. The van der Waals surface area contributed by atoms with Gasteiger partial charge in [0.15, 0.2) is 0 Å². The Kier molecular flexibility index (Phi) is 1.96. The van der Waals surface area contributed by atoms with Gasteiger partial charge in [-0.25, -0.2) is 0 Å². The summed E-state index contributed by atoms with van der Waals surface area (Å²) >= 11 is 0. The number of hydrogen-bond acceptors (Lipinski definition) is 1. The highest BCUT2D eigenvalue weighted by atomic mass is 15.1. The second-order valence-electron chi connectivity index (χ2n) is 2.79. The van der Waals surface area contributed by atoms with Crippen LogP contribution >= 0.6 is 0 Å². The van der Waals surface area contributed by atoms with Crippen LogP contribution in [0.1, 0.15) is 5.56 Å². The maximum atomic E-state index is 4.09. The number of H-pyrrole nitrogens is 1. The van der Waals surface area contributed by atoms with Crippen LogP contribution in [0.2, 0.25) is 0 Å². The first-order valence-electron chi connectivity index (χ1n) is 4.13. The van der Waals surface area contributed by atoms with Crippen LogP contribution in [-0.4, -0.2) is 10.2 Å². The van der Waals surface area contributed by atoms with Crippen LogP contribution in [0.15, 0.2) is 43.1 Å². The van der Waals surface area contributed by atoms with Crippen LogP contribution in [0, 0.1) is 0 Å². The lowest BCUT2D eigenvalue weighted by Crippen LogP contribution is -1.78. The van der Waals surface area contributed by atoms with E-state index in [1.165, 1.54) is 0 Å². The third kappa shape index (κ3) is 1.51. The zero-order valence-corrected chi connectivity index (χ0v) is 7.20. The average Bonchev–Trinajstić information content (AvgIpc) is 2.71. The summed E-state index contributed by atoms with van der Waals surface area (Å²) in [5.41, 5.74) is 3.21. The first kappa shape index (κ1) is 7.80. The Hall–Kier alpha value is -1.83. The van der Waals surface area contributed by atoms with Crippen molar-refractivity contribution in [3.05, 3.63) is 48.7 Å². The monoisotopic (exact) mass is 170 g/mol. The minimum Gasteiger partial charge on any atom is -0.285 e. The molecule has 0 bridgehead atoms.